The molecule has 3 heterocycles. The van der Waals surface area contributed by atoms with Crippen molar-refractivity contribution < 1.29 is 4.79 Å². The molecule has 0 atom stereocenters. The van der Waals surface area contributed by atoms with Crippen molar-refractivity contribution in [1.29, 1.82) is 0 Å². The summed E-state index contributed by atoms with van der Waals surface area (Å²) in [6.07, 6.45) is 7.19. The van der Waals surface area contributed by atoms with Gasteiger partial charge in [-0.05, 0) is 36.0 Å². The zero-order valence-corrected chi connectivity index (χ0v) is 15.2. The molecule has 8 nitrogen and oxygen atoms in total. The highest BCUT2D eigenvalue weighted by atomic mass is 16.2. The molecular formula is C19H20N6O2. The highest BCUT2D eigenvalue weighted by Crippen LogP contribution is 2.40. The van der Waals surface area contributed by atoms with Gasteiger partial charge in [-0.25, -0.2) is 14.2 Å². The molecule has 1 N–H and O–H groups in total. The Kier molecular flexibility index (Phi) is 4.10. The lowest BCUT2D eigenvalue weighted by molar-refractivity contribution is -0.117. The van der Waals surface area contributed by atoms with E-state index in [9.17, 15) is 9.59 Å². The van der Waals surface area contributed by atoms with Crippen LogP contribution in [0.3, 0.4) is 0 Å². The summed E-state index contributed by atoms with van der Waals surface area (Å²) in [6, 6.07) is 6.62. The molecule has 0 saturated carbocycles. The fraction of sp³-hybridized carbons (Fsp3) is 0.316. The molecule has 0 bridgehead atoms. The van der Waals surface area contributed by atoms with Crippen LogP contribution in [0.1, 0.15) is 32.4 Å². The second-order valence-electron chi connectivity index (χ2n) is 7.52. The summed E-state index contributed by atoms with van der Waals surface area (Å²) in [6.45, 7) is 4.25. The molecule has 0 radical (unpaired) electrons. The monoisotopic (exact) mass is 364 g/mol. The van der Waals surface area contributed by atoms with Crippen LogP contribution in [0.4, 0.5) is 5.69 Å². The molecular weight excluding hydrogens is 344 g/mol. The summed E-state index contributed by atoms with van der Waals surface area (Å²) < 4.78 is 2.80. The number of nitrogens with one attached hydrogen (secondary N) is 1. The van der Waals surface area contributed by atoms with E-state index in [-0.39, 0.29) is 23.4 Å². The number of allylic oxidation sites excluding steroid dienone is 2. The second-order valence-corrected chi connectivity index (χ2v) is 7.52. The molecule has 0 aliphatic heterocycles. The van der Waals surface area contributed by atoms with Crippen molar-refractivity contribution in [3.8, 4) is 0 Å². The number of anilines is 1. The summed E-state index contributed by atoms with van der Waals surface area (Å²) in [5, 5.41) is 11.2. The predicted molar refractivity (Wildman–Crippen MR) is 101 cm³/mol. The van der Waals surface area contributed by atoms with Gasteiger partial charge in [-0.1, -0.05) is 19.9 Å². The highest BCUT2D eigenvalue weighted by Gasteiger charge is 2.26. The summed E-state index contributed by atoms with van der Waals surface area (Å²) >= 11 is 0. The lowest BCUT2D eigenvalue weighted by atomic mass is 9.89. The molecule has 0 fully saturated rings. The number of carbonyl (C=O) groups excluding carboxylic acids is 1. The molecule has 27 heavy (non-hydrogen) atoms. The number of nitrogens with zero attached hydrogens (tertiary/aromatic N) is 5. The Morgan fingerprint density at radius 1 is 1.30 bits per heavy atom. The molecule has 1 amide bonds. The molecule has 0 spiro atoms. The van der Waals surface area contributed by atoms with Crippen molar-refractivity contribution in [3.05, 3.63) is 58.9 Å². The van der Waals surface area contributed by atoms with Crippen LogP contribution >= 0.6 is 0 Å². The third-order valence-corrected chi connectivity index (χ3v) is 4.62. The zero-order valence-electron chi connectivity index (χ0n) is 15.2. The first-order valence-corrected chi connectivity index (χ1v) is 8.76. The van der Waals surface area contributed by atoms with Crippen LogP contribution in [0, 0.1) is 5.41 Å². The van der Waals surface area contributed by atoms with Gasteiger partial charge in [0.25, 0.3) is 5.56 Å². The topological polar surface area (TPSA) is 94.2 Å². The number of amides is 1. The van der Waals surface area contributed by atoms with Crippen molar-refractivity contribution in [2.45, 2.75) is 33.2 Å². The molecule has 4 rings (SSSR count). The van der Waals surface area contributed by atoms with Gasteiger partial charge >= 0.3 is 0 Å². The van der Waals surface area contributed by atoms with Gasteiger partial charge in [0.05, 0.1) is 5.69 Å². The normalized spacial score (nSPS) is 15.7. The summed E-state index contributed by atoms with van der Waals surface area (Å²) in [4.78, 5) is 28.6. The van der Waals surface area contributed by atoms with E-state index in [2.05, 4.69) is 40.4 Å². The number of carbonyl (C=O) groups is 1. The summed E-state index contributed by atoms with van der Waals surface area (Å²) in [5.74, 6) is -0.327. The van der Waals surface area contributed by atoms with Crippen LogP contribution < -0.4 is 10.9 Å². The van der Waals surface area contributed by atoms with E-state index in [1.165, 1.54) is 17.1 Å². The molecule has 138 valence electrons. The van der Waals surface area contributed by atoms with E-state index >= 15 is 0 Å². The van der Waals surface area contributed by atoms with Gasteiger partial charge in [0.15, 0.2) is 5.65 Å². The van der Waals surface area contributed by atoms with Crippen molar-refractivity contribution in [1.82, 2.24) is 24.4 Å². The van der Waals surface area contributed by atoms with E-state index in [0.717, 1.165) is 24.1 Å². The maximum Gasteiger partial charge on any atom is 0.267 e. The minimum absolute atomic E-state index is 0.152. The first-order valence-electron chi connectivity index (χ1n) is 8.76. The number of hydrogen-bond acceptors (Lipinski definition) is 5. The number of fused-ring (bicyclic) bond motifs is 1. The average Bonchev–Trinajstić information content (AvgIpc) is 3.22. The molecule has 1 aliphatic rings. The smallest absolute Gasteiger partial charge is 0.267 e. The fourth-order valence-electron chi connectivity index (χ4n) is 3.22. The Balaban J connectivity index is 1.50. The lowest BCUT2D eigenvalue weighted by Gasteiger charge is -2.16. The minimum Gasteiger partial charge on any atom is -0.324 e. The van der Waals surface area contributed by atoms with Gasteiger partial charge in [-0.3, -0.25) is 9.59 Å². The SMILES string of the molecule is CC1(C)CC=C(c2ccc(=O)n(CC(=O)Nc3ccn4ncnc4c3)n2)C1. The number of rotatable bonds is 4. The third-order valence-electron chi connectivity index (χ3n) is 4.62. The van der Waals surface area contributed by atoms with Gasteiger partial charge < -0.3 is 5.32 Å². The molecule has 1 aliphatic carbocycles. The maximum atomic E-state index is 12.4. The Morgan fingerprint density at radius 3 is 2.93 bits per heavy atom. The lowest BCUT2D eigenvalue weighted by Crippen LogP contribution is -2.29. The Bertz CT molecular complexity index is 1110. The Labute approximate surface area is 155 Å². The second kappa shape index (κ2) is 6.46. The van der Waals surface area contributed by atoms with E-state index in [4.69, 9.17) is 0 Å². The van der Waals surface area contributed by atoms with Crippen molar-refractivity contribution >= 4 is 22.8 Å². The molecule has 8 heteroatoms. The van der Waals surface area contributed by atoms with Crippen LogP contribution in [0.2, 0.25) is 0 Å². The molecule has 3 aromatic heterocycles. The van der Waals surface area contributed by atoms with Crippen LogP contribution in [-0.4, -0.2) is 30.3 Å². The zero-order chi connectivity index (χ0) is 19.0. The molecule has 0 aromatic carbocycles. The van der Waals surface area contributed by atoms with Crippen LogP contribution in [-0.2, 0) is 11.3 Å². The number of hydrogen-bond donors (Lipinski definition) is 1. The maximum absolute atomic E-state index is 12.4. The highest BCUT2D eigenvalue weighted by molar-refractivity contribution is 5.90. The van der Waals surface area contributed by atoms with Crippen molar-refractivity contribution in [3.63, 3.8) is 0 Å². The predicted octanol–water partition coefficient (Wildman–Crippen LogP) is 2.13. The van der Waals surface area contributed by atoms with Crippen LogP contribution in [0.25, 0.3) is 11.2 Å². The van der Waals surface area contributed by atoms with E-state index in [1.807, 2.05) is 0 Å². The molecule has 0 saturated heterocycles. The Morgan fingerprint density at radius 2 is 2.15 bits per heavy atom. The van der Waals surface area contributed by atoms with Crippen molar-refractivity contribution in [2.24, 2.45) is 5.41 Å². The van der Waals surface area contributed by atoms with Gasteiger partial charge in [0, 0.05) is 24.0 Å². The van der Waals surface area contributed by atoms with Gasteiger partial charge in [-0.2, -0.15) is 10.2 Å². The van der Waals surface area contributed by atoms with E-state index in [0.29, 0.717) is 11.3 Å². The standard InChI is InChI=1S/C19H20N6O2/c1-19(2)7-5-13(10-19)15-3-4-18(27)25(23-15)11-17(26)22-14-6-8-24-16(9-14)20-12-21-24/h3-6,8-9,12H,7,10-11H2,1-2H3,(H,22,26). The first kappa shape index (κ1) is 17.1. The molecule has 0 unspecified atom stereocenters. The summed E-state index contributed by atoms with van der Waals surface area (Å²) in [5.41, 5.74) is 2.98. The first-order chi connectivity index (χ1) is 12.9. The average molecular weight is 364 g/mol. The van der Waals surface area contributed by atoms with Gasteiger partial charge in [-0.15, -0.1) is 0 Å². The van der Waals surface area contributed by atoms with Crippen LogP contribution in [0.15, 0.2) is 47.7 Å². The number of aromatic nitrogens is 5. The summed E-state index contributed by atoms with van der Waals surface area (Å²) in [7, 11) is 0. The fourth-order valence-corrected chi connectivity index (χ4v) is 3.22. The van der Waals surface area contributed by atoms with Crippen LogP contribution in [0.5, 0.6) is 0 Å². The van der Waals surface area contributed by atoms with Crippen molar-refractivity contribution in [2.75, 3.05) is 5.32 Å². The third kappa shape index (κ3) is 3.64. The Hall–Kier alpha value is -3.29. The minimum atomic E-state index is -0.327. The molecule has 3 aromatic rings. The van der Waals surface area contributed by atoms with Gasteiger partial charge in [0.1, 0.15) is 12.9 Å². The van der Waals surface area contributed by atoms with Gasteiger partial charge in [0.2, 0.25) is 5.91 Å². The largest absolute Gasteiger partial charge is 0.324 e. The quantitative estimate of drug-likeness (QED) is 0.765. The van der Waals surface area contributed by atoms with E-state index < -0.39 is 0 Å². The number of pyridine rings is 1. The van der Waals surface area contributed by atoms with E-state index in [1.54, 1.807) is 28.9 Å².